The van der Waals surface area contributed by atoms with Gasteiger partial charge in [0.2, 0.25) is 0 Å². The van der Waals surface area contributed by atoms with E-state index in [-0.39, 0.29) is 6.04 Å². The molecule has 0 fully saturated rings. The molecular weight excluding hydrogens is 250 g/mol. The molecule has 1 unspecified atom stereocenters. The van der Waals surface area contributed by atoms with Crippen LogP contribution in [0.3, 0.4) is 0 Å². The van der Waals surface area contributed by atoms with Gasteiger partial charge in [0.15, 0.2) is 0 Å². The van der Waals surface area contributed by atoms with Crippen LogP contribution in [0.1, 0.15) is 38.6 Å². The van der Waals surface area contributed by atoms with E-state index >= 15 is 0 Å². The molecule has 0 saturated carbocycles. The molecule has 0 aliphatic rings. The van der Waals surface area contributed by atoms with E-state index in [1.165, 1.54) is 0 Å². The van der Waals surface area contributed by atoms with E-state index in [9.17, 15) is 0 Å². The van der Waals surface area contributed by atoms with Crippen LogP contribution in [0.15, 0.2) is 24.3 Å². The van der Waals surface area contributed by atoms with E-state index in [0.717, 1.165) is 42.9 Å². The molecule has 0 aliphatic heterocycles. The number of aromatic nitrogens is 2. The Morgan fingerprint density at radius 3 is 2.75 bits per heavy atom. The number of rotatable bonds is 7. The molecule has 0 amide bonds. The summed E-state index contributed by atoms with van der Waals surface area (Å²) in [7, 11) is 1.73. The lowest BCUT2D eigenvalue weighted by molar-refractivity contribution is 0.190. The van der Waals surface area contributed by atoms with Crippen LogP contribution in [0.5, 0.6) is 0 Å². The number of benzene rings is 1. The molecule has 110 valence electrons. The third-order valence-corrected chi connectivity index (χ3v) is 3.47. The standard InChI is InChI=1S/C16H25N3O/c1-12(2)11-13(17)16-18-14-7-4-5-8-15(14)19(16)9-6-10-20-3/h4-5,7-8,12-13H,6,9-11,17H2,1-3H3. The minimum Gasteiger partial charge on any atom is -0.385 e. The van der Waals surface area contributed by atoms with Crippen LogP contribution in [0, 0.1) is 5.92 Å². The molecule has 4 heteroatoms. The summed E-state index contributed by atoms with van der Waals surface area (Å²) in [5.41, 5.74) is 8.54. The maximum atomic E-state index is 6.35. The van der Waals surface area contributed by atoms with E-state index in [4.69, 9.17) is 15.5 Å². The van der Waals surface area contributed by atoms with Gasteiger partial charge in [0, 0.05) is 20.3 Å². The first-order valence-corrected chi connectivity index (χ1v) is 7.33. The highest BCUT2D eigenvalue weighted by molar-refractivity contribution is 5.76. The summed E-state index contributed by atoms with van der Waals surface area (Å²) in [6, 6.07) is 8.22. The zero-order chi connectivity index (χ0) is 14.5. The number of nitrogens with zero attached hydrogens (tertiary/aromatic N) is 2. The Morgan fingerprint density at radius 2 is 2.05 bits per heavy atom. The number of hydrogen-bond acceptors (Lipinski definition) is 3. The number of ether oxygens (including phenoxy) is 1. The van der Waals surface area contributed by atoms with Gasteiger partial charge in [-0.3, -0.25) is 0 Å². The molecule has 1 heterocycles. The fourth-order valence-corrected chi connectivity index (χ4v) is 2.59. The van der Waals surface area contributed by atoms with Crippen molar-refractivity contribution < 1.29 is 4.74 Å². The first kappa shape index (κ1) is 15.0. The first-order chi connectivity index (χ1) is 9.63. The minimum absolute atomic E-state index is 0.00931. The smallest absolute Gasteiger partial charge is 0.126 e. The maximum absolute atomic E-state index is 6.35. The van der Waals surface area contributed by atoms with Gasteiger partial charge in [0.25, 0.3) is 0 Å². The second kappa shape index (κ2) is 6.86. The summed E-state index contributed by atoms with van der Waals surface area (Å²) in [5.74, 6) is 1.56. The molecule has 1 aromatic heterocycles. The summed E-state index contributed by atoms with van der Waals surface area (Å²) in [5, 5.41) is 0. The molecule has 2 aromatic rings. The van der Waals surface area contributed by atoms with E-state index in [1.54, 1.807) is 7.11 Å². The number of imidazole rings is 1. The first-order valence-electron chi connectivity index (χ1n) is 7.33. The van der Waals surface area contributed by atoms with Gasteiger partial charge in [0.1, 0.15) is 5.82 Å². The second-order valence-corrected chi connectivity index (χ2v) is 5.69. The normalized spacial score (nSPS) is 13.2. The van der Waals surface area contributed by atoms with Gasteiger partial charge in [-0.2, -0.15) is 0 Å². The highest BCUT2D eigenvalue weighted by Gasteiger charge is 2.17. The van der Waals surface area contributed by atoms with Gasteiger partial charge >= 0.3 is 0 Å². The number of aryl methyl sites for hydroxylation is 1. The SMILES string of the molecule is COCCCn1c(C(N)CC(C)C)nc2ccccc21. The zero-order valence-corrected chi connectivity index (χ0v) is 12.7. The Bertz CT molecular complexity index is 548. The van der Waals surface area contributed by atoms with Gasteiger partial charge in [-0.05, 0) is 30.9 Å². The average molecular weight is 275 g/mol. The van der Waals surface area contributed by atoms with Crippen LogP contribution >= 0.6 is 0 Å². The van der Waals surface area contributed by atoms with E-state index in [0.29, 0.717) is 5.92 Å². The molecule has 1 aromatic carbocycles. The molecule has 0 saturated heterocycles. The van der Waals surface area contributed by atoms with Gasteiger partial charge in [-0.25, -0.2) is 4.98 Å². The third kappa shape index (κ3) is 3.38. The number of hydrogen-bond donors (Lipinski definition) is 1. The van der Waals surface area contributed by atoms with Crippen LogP contribution in [-0.2, 0) is 11.3 Å². The van der Waals surface area contributed by atoms with Crippen LogP contribution < -0.4 is 5.73 Å². The minimum atomic E-state index is -0.00931. The highest BCUT2D eigenvalue weighted by Crippen LogP contribution is 2.23. The summed E-state index contributed by atoms with van der Waals surface area (Å²) in [4.78, 5) is 4.74. The summed E-state index contributed by atoms with van der Waals surface area (Å²) in [6.45, 7) is 6.04. The van der Waals surface area contributed by atoms with Crippen molar-refractivity contribution in [1.29, 1.82) is 0 Å². The molecule has 1 atom stereocenters. The monoisotopic (exact) mass is 275 g/mol. The molecule has 0 bridgehead atoms. The predicted molar refractivity (Wildman–Crippen MR) is 82.6 cm³/mol. The molecular formula is C16H25N3O. The fraction of sp³-hybridized carbons (Fsp3) is 0.562. The van der Waals surface area contributed by atoms with E-state index in [2.05, 4.69) is 30.5 Å². The van der Waals surface area contributed by atoms with Gasteiger partial charge in [-0.15, -0.1) is 0 Å². The van der Waals surface area contributed by atoms with Crippen molar-refractivity contribution in [3.8, 4) is 0 Å². The quantitative estimate of drug-likeness (QED) is 0.790. The zero-order valence-electron chi connectivity index (χ0n) is 12.7. The Morgan fingerprint density at radius 1 is 1.30 bits per heavy atom. The third-order valence-electron chi connectivity index (χ3n) is 3.47. The fourth-order valence-electron chi connectivity index (χ4n) is 2.59. The van der Waals surface area contributed by atoms with Gasteiger partial charge < -0.3 is 15.0 Å². The van der Waals surface area contributed by atoms with Crippen molar-refractivity contribution in [2.45, 2.75) is 39.3 Å². The van der Waals surface area contributed by atoms with Crippen molar-refractivity contribution in [3.05, 3.63) is 30.1 Å². The Kier molecular flexibility index (Phi) is 5.15. The van der Waals surface area contributed by atoms with Crippen molar-refractivity contribution in [2.75, 3.05) is 13.7 Å². The van der Waals surface area contributed by atoms with E-state index < -0.39 is 0 Å². The number of fused-ring (bicyclic) bond motifs is 1. The number of nitrogens with two attached hydrogens (primary N) is 1. The predicted octanol–water partition coefficient (Wildman–Crippen LogP) is 3.12. The lowest BCUT2D eigenvalue weighted by atomic mass is 10.0. The second-order valence-electron chi connectivity index (χ2n) is 5.69. The summed E-state index contributed by atoms with van der Waals surface area (Å²) < 4.78 is 7.40. The largest absolute Gasteiger partial charge is 0.385 e. The summed E-state index contributed by atoms with van der Waals surface area (Å²) in [6.07, 6.45) is 1.92. The number of para-hydroxylation sites is 2. The van der Waals surface area contributed by atoms with Crippen molar-refractivity contribution in [3.63, 3.8) is 0 Å². The molecule has 2 rings (SSSR count). The van der Waals surface area contributed by atoms with Crippen LogP contribution in [0.25, 0.3) is 11.0 Å². The molecule has 4 nitrogen and oxygen atoms in total. The summed E-state index contributed by atoms with van der Waals surface area (Å²) >= 11 is 0. The lowest BCUT2D eigenvalue weighted by Crippen LogP contribution is -2.19. The Balaban J connectivity index is 2.33. The molecule has 0 aliphatic carbocycles. The van der Waals surface area contributed by atoms with Crippen LogP contribution in [-0.4, -0.2) is 23.3 Å². The topological polar surface area (TPSA) is 53.1 Å². The lowest BCUT2D eigenvalue weighted by Gasteiger charge is -2.16. The maximum Gasteiger partial charge on any atom is 0.126 e. The molecule has 2 N–H and O–H groups in total. The average Bonchev–Trinajstić information content (AvgIpc) is 2.78. The van der Waals surface area contributed by atoms with Crippen LogP contribution in [0.4, 0.5) is 0 Å². The Hall–Kier alpha value is -1.39. The van der Waals surface area contributed by atoms with E-state index in [1.807, 2.05) is 12.1 Å². The molecule has 0 spiro atoms. The van der Waals surface area contributed by atoms with Crippen molar-refractivity contribution in [1.82, 2.24) is 9.55 Å². The van der Waals surface area contributed by atoms with Crippen molar-refractivity contribution >= 4 is 11.0 Å². The molecule has 0 radical (unpaired) electrons. The van der Waals surface area contributed by atoms with Crippen molar-refractivity contribution in [2.24, 2.45) is 11.7 Å². The Labute approximate surface area is 120 Å². The van der Waals surface area contributed by atoms with Gasteiger partial charge in [0.05, 0.1) is 17.1 Å². The van der Waals surface area contributed by atoms with Crippen LogP contribution in [0.2, 0.25) is 0 Å². The highest BCUT2D eigenvalue weighted by atomic mass is 16.5. The molecule has 20 heavy (non-hydrogen) atoms. The van der Waals surface area contributed by atoms with Gasteiger partial charge in [-0.1, -0.05) is 26.0 Å². The number of methoxy groups -OCH3 is 1.